The molecule has 0 heterocycles. The van der Waals surface area contributed by atoms with Crippen LogP contribution < -0.4 is 4.74 Å². The van der Waals surface area contributed by atoms with Gasteiger partial charge in [0.15, 0.2) is 0 Å². The lowest BCUT2D eigenvalue weighted by Gasteiger charge is -2.09. The summed E-state index contributed by atoms with van der Waals surface area (Å²) in [5, 5.41) is 0. The van der Waals surface area contributed by atoms with Gasteiger partial charge in [-0.2, -0.15) is 0 Å². The van der Waals surface area contributed by atoms with Gasteiger partial charge in [0.2, 0.25) is 0 Å². The van der Waals surface area contributed by atoms with E-state index in [0.29, 0.717) is 0 Å². The van der Waals surface area contributed by atoms with E-state index < -0.39 is 0 Å². The Kier molecular flexibility index (Phi) is 15.5. The number of unbranched alkanes of at least 4 members (excludes halogenated alkanes) is 1. The second-order valence-electron chi connectivity index (χ2n) is 5.32. The van der Waals surface area contributed by atoms with Gasteiger partial charge in [-0.1, -0.05) is 29.3 Å². The van der Waals surface area contributed by atoms with Gasteiger partial charge in [-0.15, -0.1) is 0 Å². The predicted molar refractivity (Wildman–Crippen MR) is 96.6 cm³/mol. The average Bonchev–Trinajstić information content (AvgIpc) is 2.36. The van der Waals surface area contributed by atoms with E-state index >= 15 is 0 Å². The summed E-state index contributed by atoms with van der Waals surface area (Å²) < 4.78 is 11.1. The average molecular weight is 362 g/mol. The zero-order valence-corrected chi connectivity index (χ0v) is 16.5. The van der Waals surface area contributed by atoms with Gasteiger partial charge >= 0.3 is 0 Å². The van der Waals surface area contributed by atoms with Crippen molar-refractivity contribution in [2.24, 2.45) is 0 Å². The van der Waals surface area contributed by atoms with Crippen LogP contribution in [0.5, 0.6) is 5.75 Å². The van der Waals surface area contributed by atoms with Gasteiger partial charge in [-0.3, -0.25) is 0 Å². The van der Waals surface area contributed by atoms with E-state index in [4.69, 9.17) is 4.74 Å². The number of benzene rings is 1. The minimum absolute atomic E-state index is 0.816. The molecule has 0 radical (unpaired) electrons. The van der Waals surface area contributed by atoms with E-state index in [1.165, 1.54) is 22.0 Å². The molecule has 21 heavy (non-hydrogen) atoms. The third-order valence-electron chi connectivity index (χ3n) is 2.18. The first kappa shape index (κ1) is 22.7. The Morgan fingerprint density at radius 2 is 1.43 bits per heavy atom. The van der Waals surface area contributed by atoms with Crippen LogP contribution >= 0.6 is 15.9 Å². The highest BCUT2D eigenvalue weighted by atomic mass is 79.9. The lowest BCUT2D eigenvalue weighted by Crippen LogP contribution is -1.99. The molecule has 0 aliphatic carbocycles. The maximum atomic E-state index is 5.64. The van der Waals surface area contributed by atoms with Crippen molar-refractivity contribution in [2.75, 3.05) is 42.0 Å². The number of halogens is 1. The normalized spacial score (nSPS) is 9.43. The van der Waals surface area contributed by atoms with Gasteiger partial charge in [0.25, 0.3) is 0 Å². The molecule has 0 spiro atoms. The Bertz CT molecular complexity index is 342. The molecular formula is C17H32BrNO2. The van der Waals surface area contributed by atoms with Crippen LogP contribution in [0.1, 0.15) is 30.9 Å². The standard InChI is InChI=1S/C12H17BrO.C3H9N.C2H6O/c1-4-5-6-14-11-7-9(2)12(13)10(3)8-11;1-4(2)3;1-3-2/h7-8H,4-6H2,1-3H3;1-3H3;1-2H3. The third-order valence-corrected chi connectivity index (χ3v) is 3.43. The molecule has 0 saturated heterocycles. The van der Waals surface area contributed by atoms with Crippen molar-refractivity contribution in [1.29, 1.82) is 0 Å². The number of hydrogen-bond acceptors (Lipinski definition) is 3. The highest BCUT2D eigenvalue weighted by Gasteiger charge is 2.02. The van der Waals surface area contributed by atoms with Crippen molar-refractivity contribution in [3.63, 3.8) is 0 Å². The molecule has 1 rings (SSSR count). The van der Waals surface area contributed by atoms with Crippen LogP contribution in [0.25, 0.3) is 0 Å². The molecule has 0 aliphatic rings. The summed E-state index contributed by atoms with van der Waals surface area (Å²) in [6.07, 6.45) is 2.29. The van der Waals surface area contributed by atoms with Crippen molar-refractivity contribution in [1.82, 2.24) is 4.90 Å². The molecule has 1 aromatic rings. The number of methoxy groups -OCH3 is 1. The topological polar surface area (TPSA) is 21.7 Å². The smallest absolute Gasteiger partial charge is 0.119 e. The summed E-state index contributed by atoms with van der Waals surface area (Å²) in [5.41, 5.74) is 2.47. The summed E-state index contributed by atoms with van der Waals surface area (Å²) in [7, 11) is 9.25. The molecule has 0 fully saturated rings. The summed E-state index contributed by atoms with van der Waals surface area (Å²) in [5.74, 6) is 0.983. The fourth-order valence-corrected chi connectivity index (χ4v) is 1.55. The third kappa shape index (κ3) is 14.1. The maximum Gasteiger partial charge on any atom is 0.119 e. The number of hydrogen-bond donors (Lipinski definition) is 0. The number of rotatable bonds is 4. The molecule has 3 nitrogen and oxygen atoms in total. The minimum Gasteiger partial charge on any atom is -0.494 e. The van der Waals surface area contributed by atoms with Crippen LogP contribution in [-0.2, 0) is 4.74 Å². The summed E-state index contributed by atoms with van der Waals surface area (Å²) in [4.78, 5) is 2.00. The maximum absolute atomic E-state index is 5.64. The first-order valence-electron chi connectivity index (χ1n) is 7.20. The largest absolute Gasteiger partial charge is 0.494 e. The number of nitrogens with zero attached hydrogens (tertiary/aromatic N) is 1. The lowest BCUT2D eigenvalue weighted by atomic mass is 10.1. The minimum atomic E-state index is 0.816. The zero-order chi connectivity index (χ0) is 16.8. The van der Waals surface area contributed by atoms with Gasteiger partial charge in [0.05, 0.1) is 6.61 Å². The Morgan fingerprint density at radius 1 is 1.05 bits per heavy atom. The van der Waals surface area contributed by atoms with Crippen molar-refractivity contribution in [3.05, 3.63) is 27.7 Å². The van der Waals surface area contributed by atoms with Crippen LogP contribution in [-0.4, -0.2) is 46.9 Å². The van der Waals surface area contributed by atoms with E-state index in [2.05, 4.69) is 53.6 Å². The second-order valence-corrected chi connectivity index (χ2v) is 6.12. The van der Waals surface area contributed by atoms with Gasteiger partial charge in [0.1, 0.15) is 5.75 Å². The fraction of sp³-hybridized carbons (Fsp3) is 0.647. The summed E-state index contributed by atoms with van der Waals surface area (Å²) in [6, 6.07) is 4.15. The first-order chi connectivity index (χ1) is 9.79. The molecule has 0 atom stereocenters. The summed E-state index contributed by atoms with van der Waals surface area (Å²) >= 11 is 3.54. The molecule has 0 amide bonds. The SMILES string of the molecule is CCCCOc1cc(C)c(Br)c(C)c1.CN(C)C.COC. The molecule has 124 valence electrons. The number of aryl methyl sites for hydroxylation is 2. The molecule has 4 heteroatoms. The van der Waals surface area contributed by atoms with Crippen LogP contribution in [0.4, 0.5) is 0 Å². The summed E-state index contributed by atoms with van der Waals surface area (Å²) in [6.45, 7) is 7.16. The van der Waals surface area contributed by atoms with E-state index in [-0.39, 0.29) is 0 Å². The van der Waals surface area contributed by atoms with Gasteiger partial charge in [-0.05, 0) is 64.7 Å². The van der Waals surface area contributed by atoms with Crippen molar-refractivity contribution < 1.29 is 9.47 Å². The van der Waals surface area contributed by atoms with Crippen LogP contribution in [0, 0.1) is 13.8 Å². The van der Waals surface area contributed by atoms with Gasteiger partial charge in [0, 0.05) is 18.7 Å². The van der Waals surface area contributed by atoms with E-state index in [0.717, 1.165) is 18.8 Å². The molecule has 0 aliphatic heterocycles. The fourth-order valence-electron chi connectivity index (χ4n) is 1.32. The van der Waals surface area contributed by atoms with E-state index in [1.54, 1.807) is 14.2 Å². The molecule has 0 N–H and O–H groups in total. The highest BCUT2D eigenvalue weighted by Crippen LogP contribution is 2.26. The monoisotopic (exact) mass is 361 g/mol. The van der Waals surface area contributed by atoms with Crippen LogP contribution in [0.15, 0.2) is 16.6 Å². The Balaban J connectivity index is 0. The molecule has 1 aromatic carbocycles. The van der Waals surface area contributed by atoms with Gasteiger partial charge < -0.3 is 14.4 Å². The van der Waals surface area contributed by atoms with Crippen molar-refractivity contribution in [3.8, 4) is 5.75 Å². The second kappa shape index (κ2) is 14.4. The van der Waals surface area contributed by atoms with Gasteiger partial charge in [-0.25, -0.2) is 0 Å². The quantitative estimate of drug-likeness (QED) is 0.726. The highest BCUT2D eigenvalue weighted by molar-refractivity contribution is 9.10. The Hall–Kier alpha value is -0.580. The van der Waals surface area contributed by atoms with Crippen LogP contribution in [0.2, 0.25) is 0 Å². The Labute approximate surface area is 139 Å². The molecular weight excluding hydrogens is 330 g/mol. The molecule has 0 bridgehead atoms. The van der Waals surface area contributed by atoms with E-state index in [1.807, 2.05) is 26.0 Å². The van der Waals surface area contributed by atoms with Crippen molar-refractivity contribution >= 4 is 15.9 Å². The van der Waals surface area contributed by atoms with Crippen LogP contribution in [0.3, 0.4) is 0 Å². The molecule has 0 unspecified atom stereocenters. The Morgan fingerprint density at radius 3 is 1.76 bits per heavy atom. The van der Waals surface area contributed by atoms with E-state index in [9.17, 15) is 0 Å². The number of ether oxygens (including phenoxy) is 2. The van der Waals surface area contributed by atoms with Crippen molar-refractivity contribution in [2.45, 2.75) is 33.6 Å². The predicted octanol–water partition coefficient (Wildman–Crippen LogP) is 4.69. The first-order valence-corrected chi connectivity index (χ1v) is 7.99. The zero-order valence-electron chi connectivity index (χ0n) is 14.9. The molecule has 0 saturated carbocycles. The molecule has 0 aromatic heterocycles. The lowest BCUT2D eigenvalue weighted by molar-refractivity contribution is 0.277.